The topological polar surface area (TPSA) is 46.6 Å². The summed E-state index contributed by atoms with van der Waals surface area (Å²) in [5.41, 5.74) is 3.62. The molecule has 4 nitrogen and oxygen atoms in total. The minimum absolute atomic E-state index is 0.340. The number of alkyl halides is 2. The van der Waals surface area contributed by atoms with Crippen LogP contribution >= 0.6 is 23.2 Å². The van der Waals surface area contributed by atoms with Crippen LogP contribution in [0.25, 0.3) is 0 Å². The van der Waals surface area contributed by atoms with Crippen LogP contribution < -0.4 is 9.64 Å². The molecule has 7 rings (SSSR count). The number of benzene rings is 3. The van der Waals surface area contributed by atoms with Gasteiger partial charge in [0.05, 0.1) is 24.6 Å². The Morgan fingerprint density at radius 1 is 0.742 bits per heavy atom. The monoisotopic (exact) mass is 449 g/mol. The van der Waals surface area contributed by atoms with Gasteiger partial charge in [0, 0.05) is 6.07 Å². The Bertz CT molecular complexity index is 1170. The Morgan fingerprint density at radius 3 is 1.61 bits per heavy atom. The maximum Gasteiger partial charge on any atom is 0.240 e. The van der Waals surface area contributed by atoms with Gasteiger partial charge < -0.3 is 4.74 Å². The van der Waals surface area contributed by atoms with Gasteiger partial charge >= 0.3 is 0 Å². The molecule has 4 aliphatic rings. The first-order chi connectivity index (χ1) is 14.9. The van der Waals surface area contributed by atoms with Crippen molar-refractivity contribution >= 4 is 40.7 Å². The molecule has 1 saturated heterocycles. The predicted octanol–water partition coefficient (Wildman–Crippen LogP) is 4.79. The van der Waals surface area contributed by atoms with Crippen LogP contribution in [0.15, 0.2) is 72.8 Å². The maximum atomic E-state index is 13.8. The maximum absolute atomic E-state index is 13.8. The van der Waals surface area contributed by atoms with Crippen LogP contribution in [-0.2, 0) is 19.3 Å². The number of methoxy groups -OCH3 is 1. The van der Waals surface area contributed by atoms with Crippen LogP contribution in [0.4, 0.5) is 5.69 Å². The van der Waals surface area contributed by atoms with Gasteiger partial charge in [-0.25, -0.2) is 4.90 Å². The van der Waals surface area contributed by atoms with Gasteiger partial charge in [-0.15, -0.1) is 23.2 Å². The number of rotatable bonds is 2. The molecule has 0 saturated carbocycles. The summed E-state index contributed by atoms with van der Waals surface area (Å²) >= 11 is 14.8. The SMILES string of the molecule is COc1cccc(N2C(=O)[C@H]3[C@H](C2=O)C2(Cl)c4ccccc4C3(Cl)c3ccccc32)c1. The highest BCUT2D eigenvalue weighted by Crippen LogP contribution is 2.69. The van der Waals surface area contributed by atoms with E-state index < -0.39 is 21.6 Å². The summed E-state index contributed by atoms with van der Waals surface area (Å²) in [6, 6.07) is 22.1. The summed E-state index contributed by atoms with van der Waals surface area (Å²) in [5.74, 6) is -1.74. The Labute approximate surface area is 189 Å². The normalized spacial score (nSPS) is 30.1. The predicted molar refractivity (Wildman–Crippen MR) is 119 cm³/mol. The highest BCUT2D eigenvalue weighted by molar-refractivity contribution is 6.38. The molecule has 3 aromatic rings. The number of anilines is 1. The van der Waals surface area contributed by atoms with Gasteiger partial charge in [-0.05, 0) is 34.4 Å². The summed E-state index contributed by atoms with van der Waals surface area (Å²) in [7, 11) is 1.54. The molecular formula is C25H17Cl2NO3. The van der Waals surface area contributed by atoms with E-state index in [-0.39, 0.29) is 11.8 Å². The molecule has 0 radical (unpaired) electrons. The Balaban J connectivity index is 1.64. The standard InChI is InChI=1S/C25H17Cl2NO3/c1-31-15-8-6-7-14(13-15)28-22(29)20-21(23(28)30)25(27)17-10-3-2-9-16(17)24(20,26)18-11-4-5-12-19(18)25/h2-13,20-21H,1H3/t20-,21-,24?,25?/m1/s1. The largest absolute Gasteiger partial charge is 0.497 e. The summed E-state index contributed by atoms with van der Waals surface area (Å²) < 4.78 is 5.30. The van der Waals surface area contributed by atoms with E-state index in [0.29, 0.717) is 11.4 Å². The van der Waals surface area contributed by atoms with E-state index in [1.165, 1.54) is 4.90 Å². The molecule has 3 aromatic carbocycles. The van der Waals surface area contributed by atoms with Crippen molar-refractivity contribution in [1.82, 2.24) is 0 Å². The van der Waals surface area contributed by atoms with Crippen LogP contribution in [0.3, 0.4) is 0 Å². The number of imide groups is 1. The second kappa shape index (κ2) is 6.12. The van der Waals surface area contributed by atoms with E-state index >= 15 is 0 Å². The number of carbonyl (C=O) groups is 2. The second-order valence-corrected chi connectivity index (χ2v) is 9.38. The van der Waals surface area contributed by atoms with Gasteiger partial charge in [0.1, 0.15) is 15.5 Å². The third-order valence-corrected chi connectivity index (χ3v) is 8.18. The Morgan fingerprint density at radius 2 is 1.19 bits per heavy atom. The molecular weight excluding hydrogens is 433 g/mol. The van der Waals surface area contributed by atoms with Gasteiger partial charge in [-0.1, -0.05) is 54.6 Å². The average molecular weight is 450 g/mol. The zero-order valence-corrected chi connectivity index (χ0v) is 18.0. The van der Waals surface area contributed by atoms with Crippen LogP contribution in [0.1, 0.15) is 22.3 Å². The quantitative estimate of drug-likeness (QED) is 0.417. The van der Waals surface area contributed by atoms with E-state index in [9.17, 15) is 9.59 Å². The number of hydrogen-bond acceptors (Lipinski definition) is 3. The van der Waals surface area contributed by atoms with Gasteiger partial charge in [0.15, 0.2) is 0 Å². The lowest BCUT2D eigenvalue weighted by molar-refractivity contribution is -0.122. The molecule has 6 heteroatoms. The average Bonchev–Trinajstić information content (AvgIpc) is 3.08. The zero-order valence-electron chi connectivity index (χ0n) is 16.5. The van der Waals surface area contributed by atoms with E-state index in [2.05, 4.69) is 0 Å². The lowest BCUT2D eigenvalue weighted by atomic mass is 9.54. The summed E-state index contributed by atoms with van der Waals surface area (Å²) in [5, 5.41) is 0. The van der Waals surface area contributed by atoms with Crippen LogP contribution in [-0.4, -0.2) is 18.9 Å². The van der Waals surface area contributed by atoms with E-state index in [4.69, 9.17) is 27.9 Å². The van der Waals surface area contributed by atoms with E-state index in [0.717, 1.165) is 22.3 Å². The number of ether oxygens (including phenoxy) is 1. The summed E-state index contributed by atoms with van der Waals surface area (Å²) in [4.78, 5) is 26.5. The van der Waals surface area contributed by atoms with Crippen molar-refractivity contribution in [3.63, 3.8) is 0 Å². The lowest BCUT2D eigenvalue weighted by Gasteiger charge is -2.54. The summed E-state index contributed by atoms with van der Waals surface area (Å²) in [6.45, 7) is 0. The van der Waals surface area contributed by atoms with Gasteiger partial charge in [0.25, 0.3) is 0 Å². The van der Waals surface area contributed by atoms with Crippen molar-refractivity contribution in [3.8, 4) is 5.75 Å². The molecule has 1 heterocycles. The van der Waals surface area contributed by atoms with Gasteiger partial charge in [-0.3, -0.25) is 9.59 Å². The minimum atomic E-state index is -1.17. The lowest BCUT2D eigenvalue weighted by Crippen LogP contribution is -2.57. The molecule has 0 spiro atoms. The van der Waals surface area contributed by atoms with Gasteiger partial charge in [-0.2, -0.15) is 0 Å². The first kappa shape index (κ1) is 18.9. The fourth-order valence-corrected chi connectivity index (χ4v) is 6.77. The third kappa shape index (κ3) is 2.07. The number of carbonyl (C=O) groups excluding carboxylic acids is 2. The molecule has 0 N–H and O–H groups in total. The highest BCUT2D eigenvalue weighted by Gasteiger charge is 2.73. The number of halogens is 2. The smallest absolute Gasteiger partial charge is 0.240 e. The number of hydrogen-bond donors (Lipinski definition) is 0. The molecule has 3 aliphatic carbocycles. The molecule has 0 unspecified atom stereocenters. The molecule has 31 heavy (non-hydrogen) atoms. The van der Waals surface area contributed by atoms with Crippen LogP contribution in [0.2, 0.25) is 0 Å². The second-order valence-electron chi connectivity index (χ2n) is 8.18. The number of nitrogens with zero attached hydrogens (tertiary/aromatic N) is 1. The van der Waals surface area contributed by atoms with Crippen LogP contribution in [0, 0.1) is 11.8 Å². The first-order valence-electron chi connectivity index (χ1n) is 10.0. The highest BCUT2D eigenvalue weighted by atomic mass is 35.5. The molecule has 154 valence electrons. The van der Waals surface area contributed by atoms with Crippen molar-refractivity contribution in [3.05, 3.63) is 95.1 Å². The van der Waals surface area contributed by atoms with Crippen molar-refractivity contribution in [2.24, 2.45) is 11.8 Å². The van der Waals surface area contributed by atoms with Crippen molar-refractivity contribution < 1.29 is 14.3 Å². The molecule has 2 amide bonds. The van der Waals surface area contributed by atoms with Gasteiger partial charge in [0.2, 0.25) is 11.8 Å². The Kier molecular flexibility index (Phi) is 3.73. The van der Waals surface area contributed by atoms with Crippen molar-refractivity contribution in [2.75, 3.05) is 12.0 Å². The molecule has 1 fully saturated rings. The molecule has 2 bridgehead atoms. The number of amides is 2. The fourth-order valence-electron chi connectivity index (χ4n) is 5.67. The Hall–Kier alpha value is -2.82. The molecule has 1 aliphatic heterocycles. The van der Waals surface area contributed by atoms with E-state index in [1.807, 2.05) is 48.5 Å². The third-order valence-electron chi connectivity index (χ3n) is 6.90. The molecule has 0 aromatic heterocycles. The van der Waals surface area contributed by atoms with Crippen molar-refractivity contribution in [1.29, 1.82) is 0 Å². The first-order valence-corrected chi connectivity index (χ1v) is 10.8. The minimum Gasteiger partial charge on any atom is -0.497 e. The summed E-state index contributed by atoms with van der Waals surface area (Å²) in [6.07, 6.45) is 0. The van der Waals surface area contributed by atoms with E-state index in [1.54, 1.807) is 31.4 Å². The van der Waals surface area contributed by atoms with Crippen molar-refractivity contribution in [2.45, 2.75) is 9.75 Å². The zero-order chi connectivity index (χ0) is 21.5. The molecule has 2 atom stereocenters. The van der Waals surface area contributed by atoms with Crippen LogP contribution in [0.5, 0.6) is 5.75 Å². The fraction of sp³-hybridized carbons (Fsp3) is 0.200.